The average molecular weight is 276 g/mol. The van der Waals surface area contributed by atoms with Gasteiger partial charge in [-0.25, -0.2) is 4.79 Å². The summed E-state index contributed by atoms with van der Waals surface area (Å²) >= 11 is 8.59. The highest BCUT2D eigenvalue weighted by Crippen LogP contribution is 2.34. The Hall–Kier alpha value is -0.700. The molecule has 1 aliphatic heterocycles. The highest BCUT2D eigenvalue weighted by atomic mass is 32.1. The highest BCUT2D eigenvalue weighted by molar-refractivity contribution is 7.85. The van der Waals surface area contributed by atoms with Gasteiger partial charge in [0.1, 0.15) is 0 Å². The van der Waals surface area contributed by atoms with Gasteiger partial charge >= 0.3 is 5.69 Å². The van der Waals surface area contributed by atoms with Crippen LogP contribution in [-0.2, 0) is 4.74 Å². The van der Waals surface area contributed by atoms with Crippen molar-refractivity contribution in [3.63, 3.8) is 0 Å². The van der Waals surface area contributed by atoms with Crippen molar-refractivity contribution in [2.24, 2.45) is 0 Å². The second-order valence-electron chi connectivity index (χ2n) is 3.75. The number of nitrogens with zero attached hydrogens (tertiary/aromatic N) is 1. The normalized spacial score (nSPS) is 32.9. The molecule has 1 fully saturated rings. The van der Waals surface area contributed by atoms with Crippen LogP contribution in [0.1, 0.15) is 6.23 Å². The monoisotopic (exact) mass is 276 g/mol. The molecule has 94 valence electrons. The van der Waals surface area contributed by atoms with Gasteiger partial charge in [0.25, 0.3) is 5.56 Å². The number of aromatic nitrogens is 2. The van der Waals surface area contributed by atoms with Crippen molar-refractivity contribution in [2.45, 2.75) is 22.8 Å². The first-order valence-corrected chi connectivity index (χ1v) is 6.02. The van der Waals surface area contributed by atoms with E-state index in [0.29, 0.717) is 0 Å². The van der Waals surface area contributed by atoms with Crippen molar-refractivity contribution in [3.05, 3.63) is 33.1 Å². The van der Waals surface area contributed by atoms with Crippen LogP contribution in [0, 0.1) is 0 Å². The molecule has 1 aromatic rings. The summed E-state index contributed by atoms with van der Waals surface area (Å²) in [6.07, 6.45) is 0.210. The van der Waals surface area contributed by atoms with Crippen LogP contribution < -0.4 is 11.2 Å². The molecule has 8 heteroatoms. The van der Waals surface area contributed by atoms with Gasteiger partial charge in [0.05, 0.1) is 18.0 Å². The molecule has 6 nitrogen and oxygen atoms in total. The lowest BCUT2D eigenvalue weighted by atomic mass is 10.2. The van der Waals surface area contributed by atoms with Crippen LogP contribution in [0.15, 0.2) is 21.9 Å². The van der Waals surface area contributed by atoms with Crippen molar-refractivity contribution < 1.29 is 9.84 Å². The van der Waals surface area contributed by atoms with Gasteiger partial charge in [-0.3, -0.25) is 14.3 Å². The van der Waals surface area contributed by atoms with Crippen LogP contribution in [0.2, 0.25) is 0 Å². The van der Waals surface area contributed by atoms with E-state index in [1.54, 1.807) is 0 Å². The number of aromatic amines is 1. The molecule has 17 heavy (non-hydrogen) atoms. The fraction of sp³-hybridized carbons (Fsp3) is 0.556. The second kappa shape index (κ2) is 4.89. The van der Waals surface area contributed by atoms with Crippen molar-refractivity contribution in [1.82, 2.24) is 9.55 Å². The Morgan fingerprint density at radius 3 is 2.65 bits per heavy atom. The Bertz CT molecular complexity index is 514. The van der Waals surface area contributed by atoms with Crippen LogP contribution >= 0.6 is 25.3 Å². The molecule has 1 aliphatic rings. The lowest BCUT2D eigenvalue weighted by Crippen LogP contribution is -2.34. The molecule has 2 heterocycles. The standard InChI is InChI=1S/C9H12N2O4S2/c12-3-4-6(16)7(17)8(15-4)11-2-1-5(13)10-9(11)14/h1-2,4,6-8,12,16-17H,3H2,(H,10,13,14)/t4-,6?,7?,8-/m1/s1. The van der Waals surface area contributed by atoms with Gasteiger partial charge in [-0.15, -0.1) is 0 Å². The Morgan fingerprint density at radius 1 is 1.41 bits per heavy atom. The van der Waals surface area contributed by atoms with Crippen LogP contribution in [0.25, 0.3) is 0 Å². The molecule has 1 saturated heterocycles. The summed E-state index contributed by atoms with van der Waals surface area (Å²) in [5, 5.41) is 8.45. The Labute approximate surface area is 107 Å². The Morgan fingerprint density at radius 2 is 2.12 bits per heavy atom. The third-order valence-corrected chi connectivity index (χ3v) is 4.11. The van der Waals surface area contributed by atoms with Gasteiger partial charge < -0.3 is 9.84 Å². The zero-order valence-electron chi connectivity index (χ0n) is 8.68. The van der Waals surface area contributed by atoms with Gasteiger partial charge in [-0.1, -0.05) is 0 Å². The molecule has 2 unspecified atom stereocenters. The summed E-state index contributed by atoms with van der Waals surface area (Å²) in [6.45, 7) is -0.195. The predicted molar refractivity (Wildman–Crippen MR) is 67.9 cm³/mol. The number of nitrogens with one attached hydrogen (secondary N) is 1. The third-order valence-electron chi connectivity index (χ3n) is 2.64. The number of hydrogen-bond acceptors (Lipinski definition) is 6. The van der Waals surface area contributed by atoms with Crippen LogP contribution in [0.5, 0.6) is 0 Å². The summed E-state index contributed by atoms with van der Waals surface area (Å²) in [5.74, 6) is 0. The topological polar surface area (TPSA) is 84.3 Å². The molecular weight excluding hydrogens is 264 g/mol. The van der Waals surface area contributed by atoms with Crippen molar-refractivity contribution in [3.8, 4) is 0 Å². The summed E-state index contributed by atoms with van der Waals surface area (Å²) in [7, 11) is 0. The van der Waals surface area contributed by atoms with Gasteiger partial charge in [-0.2, -0.15) is 25.3 Å². The van der Waals surface area contributed by atoms with Gasteiger partial charge in [0, 0.05) is 17.5 Å². The molecule has 0 saturated carbocycles. The molecule has 0 amide bonds. The Balaban J connectivity index is 2.35. The van der Waals surface area contributed by atoms with Gasteiger partial charge in [0.2, 0.25) is 0 Å². The van der Waals surface area contributed by atoms with E-state index < -0.39 is 23.6 Å². The zero-order valence-corrected chi connectivity index (χ0v) is 10.5. The number of aliphatic hydroxyl groups is 1. The fourth-order valence-corrected chi connectivity index (χ4v) is 2.46. The molecule has 0 spiro atoms. The van der Waals surface area contributed by atoms with E-state index in [0.717, 1.165) is 0 Å². The minimum Gasteiger partial charge on any atom is -0.394 e. The largest absolute Gasteiger partial charge is 0.394 e. The second-order valence-corrected chi connectivity index (χ2v) is 4.94. The third kappa shape index (κ3) is 2.30. The number of aliphatic hydroxyl groups excluding tert-OH is 1. The first-order valence-electron chi connectivity index (χ1n) is 4.98. The molecule has 0 aromatic carbocycles. The van der Waals surface area contributed by atoms with Crippen LogP contribution in [-0.4, -0.2) is 37.9 Å². The molecule has 1 aromatic heterocycles. The lowest BCUT2D eigenvalue weighted by Gasteiger charge is -2.17. The van der Waals surface area contributed by atoms with E-state index in [4.69, 9.17) is 9.84 Å². The number of ether oxygens (including phenoxy) is 1. The van der Waals surface area contributed by atoms with Crippen LogP contribution in [0.4, 0.5) is 0 Å². The first-order chi connectivity index (χ1) is 8.04. The molecule has 0 radical (unpaired) electrons. The summed E-state index contributed by atoms with van der Waals surface area (Å²) in [6, 6.07) is 1.23. The SMILES string of the molecule is O=c1ccn([C@@H]2O[C@H](CO)C(S)C2S)c(=O)[nH]1. The number of hydrogen-bond donors (Lipinski definition) is 4. The highest BCUT2D eigenvalue weighted by Gasteiger charge is 2.41. The minimum atomic E-state index is -0.651. The summed E-state index contributed by atoms with van der Waals surface area (Å²) in [5.41, 5.74) is -1.04. The van der Waals surface area contributed by atoms with E-state index in [2.05, 4.69) is 30.2 Å². The fourth-order valence-electron chi connectivity index (χ4n) is 1.74. The maximum atomic E-state index is 11.6. The van der Waals surface area contributed by atoms with E-state index in [1.165, 1.54) is 16.8 Å². The van der Waals surface area contributed by atoms with Crippen molar-refractivity contribution in [2.75, 3.05) is 6.61 Å². The lowest BCUT2D eigenvalue weighted by molar-refractivity contribution is -0.0223. The molecule has 0 aliphatic carbocycles. The van der Waals surface area contributed by atoms with Gasteiger partial charge in [0.15, 0.2) is 6.23 Å². The predicted octanol–water partition coefficient (Wildman–Crippen LogP) is -0.977. The van der Waals surface area contributed by atoms with Gasteiger partial charge in [-0.05, 0) is 0 Å². The minimum absolute atomic E-state index is 0.195. The molecule has 4 atom stereocenters. The molecule has 2 N–H and O–H groups in total. The summed E-state index contributed by atoms with van der Waals surface area (Å²) in [4.78, 5) is 24.7. The molecule has 2 rings (SSSR count). The van der Waals surface area contributed by atoms with Crippen molar-refractivity contribution in [1.29, 1.82) is 0 Å². The average Bonchev–Trinajstić information content (AvgIpc) is 2.57. The number of H-pyrrole nitrogens is 1. The summed E-state index contributed by atoms with van der Waals surface area (Å²) < 4.78 is 6.71. The number of rotatable bonds is 2. The maximum absolute atomic E-state index is 11.6. The van der Waals surface area contributed by atoms with E-state index in [1.807, 2.05) is 0 Å². The number of thiol groups is 2. The van der Waals surface area contributed by atoms with Crippen LogP contribution in [0.3, 0.4) is 0 Å². The Kier molecular flexibility index (Phi) is 3.67. The van der Waals surface area contributed by atoms with E-state index in [-0.39, 0.29) is 17.1 Å². The maximum Gasteiger partial charge on any atom is 0.330 e. The first kappa shape index (κ1) is 12.7. The molecule has 0 bridgehead atoms. The van der Waals surface area contributed by atoms with E-state index >= 15 is 0 Å². The molecular formula is C9H12N2O4S2. The quantitative estimate of drug-likeness (QED) is 0.523. The van der Waals surface area contributed by atoms with E-state index in [9.17, 15) is 9.59 Å². The zero-order chi connectivity index (χ0) is 12.6. The smallest absolute Gasteiger partial charge is 0.330 e. The van der Waals surface area contributed by atoms with Crippen molar-refractivity contribution >= 4 is 25.3 Å².